The molecule has 0 unspecified atom stereocenters. The van der Waals surface area contributed by atoms with Gasteiger partial charge in [-0.1, -0.05) is 19.3 Å². The fraction of sp³-hybridized carbons (Fsp3) is 0.600. The lowest BCUT2D eigenvalue weighted by Gasteiger charge is -2.21. The minimum absolute atomic E-state index is 0.00000128. The van der Waals surface area contributed by atoms with Crippen LogP contribution in [0.4, 0.5) is 0 Å². The maximum absolute atomic E-state index is 12.3. The monoisotopic (exact) mass is 362 g/mol. The number of aryl methyl sites for hydroxylation is 1. The molecule has 1 aliphatic carbocycles. The first-order valence-electron chi connectivity index (χ1n) is 9.24. The SMILES string of the molecule is Cc1cc(OC(=O)C2CCCCC2)cc(OC(=O)C2CCSCC2)c1. The van der Waals surface area contributed by atoms with Crippen LogP contribution in [0.3, 0.4) is 0 Å². The van der Waals surface area contributed by atoms with E-state index in [1.165, 1.54) is 6.42 Å². The van der Waals surface area contributed by atoms with Gasteiger partial charge in [0.05, 0.1) is 11.8 Å². The Bertz CT molecular complexity index is 566. The average molecular weight is 362 g/mol. The van der Waals surface area contributed by atoms with Gasteiger partial charge in [0.2, 0.25) is 0 Å². The normalized spacial score (nSPS) is 19.4. The molecule has 1 saturated carbocycles. The molecule has 1 saturated heterocycles. The van der Waals surface area contributed by atoms with Crippen molar-refractivity contribution in [1.82, 2.24) is 0 Å². The summed E-state index contributed by atoms with van der Waals surface area (Å²) in [6, 6.07) is 5.28. The Labute approximate surface area is 153 Å². The van der Waals surface area contributed by atoms with Gasteiger partial charge in [-0.25, -0.2) is 0 Å². The summed E-state index contributed by atoms with van der Waals surface area (Å²) in [7, 11) is 0. The second kappa shape index (κ2) is 8.75. The van der Waals surface area contributed by atoms with Gasteiger partial charge in [-0.15, -0.1) is 0 Å². The minimum Gasteiger partial charge on any atom is -0.426 e. The van der Waals surface area contributed by atoms with Crippen molar-refractivity contribution in [3.05, 3.63) is 23.8 Å². The van der Waals surface area contributed by atoms with Crippen LogP contribution in [0, 0.1) is 18.8 Å². The van der Waals surface area contributed by atoms with E-state index in [4.69, 9.17) is 9.47 Å². The molecule has 0 N–H and O–H groups in total. The standard InChI is InChI=1S/C20H26O4S/c1-14-11-17(23-19(21)15-5-3-2-4-6-15)13-18(12-14)24-20(22)16-7-9-25-10-8-16/h11-13,15-16H,2-10H2,1H3. The summed E-state index contributed by atoms with van der Waals surface area (Å²) in [5, 5.41) is 0. The third kappa shape index (κ3) is 5.24. The van der Waals surface area contributed by atoms with Gasteiger partial charge in [-0.3, -0.25) is 9.59 Å². The van der Waals surface area contributed by atoms with Gasteiger partial charge in [0.1, 0.15) is 11.5 Å². The highest BCUT2D eigenvalue weighted by molar-refractivity contribution is 7.99. The van der Waals surface area contributed by atoms with Gasteiger partial charge < -0.3 is 9.47 Å². The second-order valence-corrected chi connectivity index (χ2v) is 8.27. The van der Waals surface area contributed by atoms with Crippen LogP contribution in [0.1, 0.15) is 50.5 Å². The summed E-state index contributed by atoms with van der Waals surface area (Å²) in [6.07, 6.45) is 6.95. The van der Waals surface area contributed by atoms with Crippen LogP contribution in [0.5, 0.6) is 11.5 Å². The van der Waals surface area contributed by atoms with Crippen molar-refractivity contribution >= 4 is 23.7 Å². The predicted octanol–water partition coefficient (Wildman–Crippen LogP) is 4.53. The first-order valence-corrected chi connectivity index (χ1v) is 10.4. The Morgan fingerprint density at radius 2 is 1.36 bits per heavy atom. The van der Waals surface area contributed by atoms with Gasteiger partial charge in [0.15, 0.2) is 0 Å². The zero-order chi connectivity index (χ0) is 17.6. The van der Waals surface area contributed by atoms with Gasteiger partial charge in [0.25, 0.3) is 0 Å². The summed E-state index contributed by atoms with van der Waals surface area (Å²) in [4.78, 5) is 24.6. The number of carbonyl (C=O) groups excluding carboxylic acids is 2. The summed E-state index contributed by atoms with van der Waals surface area (Å²) >= 11 is 1.88. The third-order valence-electron chi connectivity index (χ3n) is 4.95. The van der Waals surface area contributed by atoms with E-state index in [0.717, 1.165) is 55.6 Å². The maximum Gasteiger partial charge on any atom is 0.314 e. The zero-order valence-electron chi connectivity index (χ0n) is 14.8. The molecule has 1 aromatic rings. The van der Waals surface area contributed by atoms with E-state index < -0.39 is 0 Å². The number of hydrogen-bond acceptors (Lipinski definition) is 5. The van der Waals surface area contributed by atoms with Crippen LogP contribution in [0.15, 0.2) is 18.2 Å². The molecule has 1 heterocycles. The van der Waals surface area contributed by atoms with Crippen LogP contribution in [0.25, 0.3) is 0 Å². The molecule has 0 amide bonds. The number of thioether (sulfide) groups is 1. The van der Waals surface area contributed by atoms with E-state index >= 15 is 0 Å². The number of rotatable bonds is 4. The second-order valence-electron chi connectivity index (χ2n) is 7.05. The first kappa shape index (κ1) is 18.3. The topological polar surface area (TPSA) is 52.6 Å². The van der Waals surface area contributed by atoms with E-state index in [1.54, 1.807) is 6.07 Å². The largest absolute Gasteiger partial charge is 0.426 e. The molecule has 1 aliphatic heterocycles. The summed E-state index contributed by atoms with van der Waals surface area (Å²) in [6.45, 7) is 1.91. The van der Waals surface area contributed by atoms with Gasteiger partial charge in [-0.2, -0.15) is 11.8 Å². The highest BCUT2D eigenvalue weighted by Crippen LogP contribution is 2.29. The van der Waals surface area contributed by atoms with Crippen LogP contribution < -0.4 is 9.47 Å². The Hall–Kier alpha value is -1.49. The smallest absolute Gasteiger partial charge is 0.314 e. The number of carbonyl (C=O) groups is 2. The quantitative estimate of drug-likeness (QED) is 0.582. The predicted molar refractivity (Wildman–Crippen MR) is 99.1 cm³/mol. The Balaban J connectivity index is 1.63. The molecule has 4 nitrogen and oxygen atoms in total. The minimum atomic E-state index is -0.171. The van der Waals surface area contributed by atoms with Crippen molar-refractivity contribution in [3.8, 4) is 11.5 Å². The van der Waals surface area contributed by atoms with E-state index in [-0.39, 0.29) is 23.8 Å². The lowest BCUT2D eigenvalue weighted by atomic mass is 9.89. The molecular formula is C20H26O4S. The lowest BCUT2D eigenvalue weighted by molar-refractivity contribution is -0.140. The molecule has 136 valence electrons. The van der Waals surface area contributed by atoms with Gasteiger partial charge >= 0.3 is 11.9 Å². The van der Waals surface area contributed by atoms with Crippen molar-refractivity contribution in [3.63, 3.8) is 0 Å². The average Bonchev–Trinajstić information content (AvgIpc) is 2.62. The van der Waals surface area contributed by atoms with Crippen molar-refractivity contribution in [2.24, 2.45) is 11.8 Å². The molecular weight excluding hydrogens is 336 g/mol. The van der Waals surface area contributed by atoms with Gasteiger partial charge in [0, 0.05) is 6.07 Å². The Morgan fingerprint density at radius 1 is 0.840 bits per heavy atom. The van der Waals surface area contributed by atoms with Crippen molar-refractivity contribution < 1.29 is 19.1 Å². The number of ether oxygens (including phenoxy) is 2. The first-order chi connectivity index (χ1) is 12.1. The highest BCUT2D eigenvalue weighted by atomic mass is 32.2. The summed E-state index contributed by atoms with van der Waals surface area (Å²) in [5.41, 5.74) is 0.913. The van der Waals surface area contributed by atoms with Crippen LogP contribution in [-0.2, 0) is 9.59 Å². The highest BCUT2D eigenvalue weighted by Gasteiger charge is 2.25. The molecule has 0 bridgehead atoms. The Kier molecular flexibility index (Phi) is 6.40. The molecule has 0 radical (unpaired) electrons. The molecule has 5 heteroatoms. The fourth-order valence-corrected chi connectivity index (χ4v) is 4.61. The summed E-state index contributed by atoms with van der Waals surface area (Å²) < 4.78 is 11.1. The lowest BCUT2D eigenvalue weighted by Crippen LogP contribution is -2.24. The van der Waals surface area contributed by atoms with Crippen molar-refractivity contribution in [2.75, 3.05) is 11.5 Å². The molecule has 3 rings (SSSR count). The maximum atomic E-state index is 12.3. The van der Waals surface area contributed by atoms with E-state index in [1.807, 2.05) is 30.8 Å². The van der Waals surface area contributed by atoms with E-state index in [9.17, 15) is 9.59 Å². The number of benzene rings is 1. The Morgan fingerprint density at radius 3 is 1.92 bits per heavy atom. The number of esters is 2. The van der Waals surface area contributed by atoms with Crippen LogP contribution >= 0.6 is 11.8 Å². The van der Waals surface area contributed by atoms with Crippen LogP contribution in [-0.4, -0.2) is 23.4 Å². The zero-order valence-corrected chi connectivity index (χ0v) is 15.6. The van der Waals surface area contributed by atoms with Crippen molar-refractivity contribution in [2.45, 2.75) is 51.9 Å². The summed E-state index contributed by atoms with van der Waals surface area (Å²) in [5.74, 6) is 2.61. The molecule has 0 aromatic heterocycles. The molecule has 0 atom stereocenters. The molecule has 2 fully saturated rings. The van der Waals surface area contributed by atoms with E-state index in [2.05, 4.69) is 0 Å². The van der Waals surface area contributed by atoms with Crippen molar-refractivity contribution in [1.29, 1.82) is 0 Å². The third-order valence-corrected chi connectivity index (χ3v) is 6.00. The van der Waals surface area contributed by atoms with Gasteiger partial charge in [-0.05, 0) is 61.8 Å². The fourth-order valence-electron chi connectivity index (χ4n) is 3.50. The molecule has 2 aliphatic rings. The molecule has 1 aromatic carbocycles. The molecule has 0 spiro atoms. The van der Waals surface area contributed by atoms with Crippen LogP contribution in [0.2, 0.25) is 0 Å². The van der Waals surface area contributed by atoms with E-state index in [0.29, 0.717) is 11.5 Å². The number of hydrogen-bond donors (Lipinski definition) is 0. The molecule has 25 heavy (non-hydrogen) atoms.